The van der Waals surface area contributed by atoms with Gasteiger partial charge in [0, 0.05) is 6.54 Å². The molecule has 28 heavy (non-hydrogen) atoms. The van der Waals surface area contributed by atoms with Crippen LogP contribution in [0.4, 0.5) is 5.69 Å². The van der Waals surface area contributed by atoms with Gasteiger partial charge in [-0.15, -0.1) is 0 Å². The molecule has 7 heteroatoms. The van der Waals surface area contributed by atoms with E-state index in [9.17, 15) is 9.90 Å². The van der Waals surface area contributed by atoms with Crippen LogP contribution in [0.2, 0.25) is 0 Å². The number of aliphatic hydroxyl groups excluding tert-OH is 1. The number of hydrogen-bond acceptors (Lipinski definition) is 6. The average Bonchev–Trinajstić information content (AvgIpc) is 2.72. The molecule has 0 radical (unpaired) electrons. The third-order valence-electron chi connectivity index (χ3n) is 4.09. The molecule has 0 saturated heterocycles. The zero-order chi connectivity index (χ0) is 20.4. The van der Waals surface area contributed by atoms with Crippen molar-refractivity contribution in [1.29, 1.82) is 5.26 Å². The van der Waals surface area contributed by atoms with Crippen LogP contribution in [0.15, 0.2) is 48.5 Å². The maximum Gasteiger partial charge on any atom is 0.238 e. The van der Waals surface area contributed by atoms with E-state index >= 15 is 0 Å². The van der Waals surface area contributed by atoms with E-state index in [2.05, 4.69) is 5.32 Å². The van der Waals surface area contributed by atoms with Gasteiger partial charge in [0.2, 0.25) is 5.91 Å². The molecule has 0 aliphatic carbocycles. The lowest BCUT2D eigenvalue weighted by Gasteiger charge is -2.23. The molecule has 1 atom stereocenters. The number of nitrogens with one attached hydrogen (secondary N) is 1. The molecule has 0 heterocycles. The summed E-state index contributed by atoms with van der Waals surface area (Å²) >= 11 is 0. The Bertz CT molecular complexity index is 802. The van der Waals surface area contributed by atoms with Crippen LogP contribution in [0.3, 0.4) is 0 Å². The van der Waals surface area contributed by atoms with E-state index in [0.717, 1.165) is 0 Å². The lowest BCUT2D eigenvalue weighted by molar-refractivity contribution is -0.117. The van der Waals surface area contributed by atoms with Crippen molar-refractivity contribution in [3.63, 3.8) is 0 Å². The van der Waals surface area contributed by atoms with Crippen molar-refractivity contribution in [3.8, 4) is 17.6 Å². The molecule has 0 bridgehead atoms. The summed E-state index contributed by atoms with van der Waals surface area (Å²) in [4.78, 5) is 14.2. The molecular weight excluding hydrogens is 358 g/mol. The van der Waals surface area contributed by atoms with E-state index in [1.54, 1.807) is 43.5 Å². The summed E-state index contributed by atoms with van der Waals surface area (Å²) in [6, 6.07) is 15.9. The monoisotopic (exact) mass is 383 g/mol. The van der Waals surface area contributed by atoms with Gasteiger partial charge in [-0.2, -0.15) is 5.26 Å². The molecule has 2 rings (SSSR count). The summed E-state index contributed by atoms with van der Waals surface area (Å²) in [6.45, 7) is 3.06. The number of likely N-dealkylation sites (N-methyl/N-ethyl adjacent to an activating group) is 1. The summed E-state index contributed by atoms with van der Waals surface area (Å²) in [6.07, 6.45) is -0.755. The van der Waals surface area contributed by atoms with Crippen molar-refractivity contribution in [2.75, 3.05) is 38.7 Å². The molecule has 0 unspecified atom stereocenters. The van der Waals surface area contributed by atoms with Crippen LogP contribution >= 0.6 is 0 Å². The Balaban J connectivity index is 1.81. The first-order valence-corrected chi connectivity index (χ1v) is 9.02. The highest BCUT2D eigenvalue weighted by Crippen LogP contribution is 2.22. The molecule has 148 valence electrons. The normalized spacial score (nSPS) is 11.5. The predicted octanol–water partition coefficient (Wildman–Crippen LogP) is 2.27. The van der Waals surface area contributed by atoms with Crippen molar-refractivity contribution in [3.05, 3.63) is 54.1 Å². The van der Waals surface area contributed by atoms with Gasteiger partial charge in [0.15, 0.2) is 0 Å². The molecule has 2 N–H and O–H groups in total. The second-order valence-corrected chi connectivity index (χ2v) is 6.18. The number of anilines is 1. The van der Waals surface area contributed by atoms with Crippen molar-refractivity contribution in [2.24, 2.45) is 0 Å². The highest BCUT2D eigenvalue weighted by Gasteiger charge is 2.15. The number of carbonyl (C=O) groups excluding carboxylic acids is 1. The third-order valence-corrected chi connectivity index (χ3v) is 4.09. The fourth-order valence-corrected chi connectivity index (χ4v) is 2.62. The van der Waals surface area contributed by atoms with Crippen LogP contribution in [-0.4, -0.2) is 55.4 Å². The highest BCUT2D eigenvalue weighted by molar-refractivity contribution is 5.93. The van der Waals surface area contributed by atoms with Crippen LogP contribution in [0, 0.1) is 11.3 Å². The Kier molecular flexibility index (Phi) is 8.28. The molecule has 0 fully saturated rings. The van der Waals surface area contributed by atoms with Gasteiger partial charge in [-0.05, 0) is 42.9 Å². The van der Waals surface area contributed by atoms with Gasteiger partial charge in [-0.25, -0.2) is 0 Å². The number of hydrogen-bond donors (Lipinski definition) is 2. The SMILES string of the molecule is CCN(CC(=O)Nc1ccccc1OC)C[C@H](O)COc1ccc(C#N)cc1. The molecule has 1 amide bonds. The summed E-state index contributed by atoms with van der Waals surface area (Å²) < 4.78 is 10.8. The zero-order valence-corrected chi connectivity index (χ0v) is 16.1. The van der Waals surface area contributed by atoms with Crippen molar-refractivity contribution in [1.82, 2.24) is 4.90 Å². The highest BCUT2D eigenvalue weighted by atomic mass is 16.5. The van der Waals surface area contributed by atoms with Crippen molar-refractivity contribution < 1.29 is 19.4 Å². The number of carbonyl (C=O) groups is 1. The van der Waals surface area contributed by atoms with E-state index in [-0.39, 0.29) is 19.1 Å². The van der Waals surface area contributed by atoms with Crippen LogP contribution in [-0.2, 0) is 4.79 Å². The van der Waals surface area contributed by atoms with Gasteiger partial charge in [0.25, 0.3) is 0 Å². The Hall–Kier alpha value is -3.08. The Morgan fingerprint density at radius 2 is 1.96 bits per heavy atom. The molecule has 2 aromatic carbocycles. The van der Waals surface area contributed by atoms with E-state index in [1.807, 2.05) is 30.0 Å². The minimum absolute atomic E-state index is 0.0938. The van der Waals surface area contributed by atoms with Gasteiger partial charge in [0.1, 0.15) is 24.2 Å². The smallest absolute Gasteiger partial charge is 0.238 e. The van der Waals surface area contributed by atoms with Crippen molar-refractivity contribution in [2.45, 2.75) is 13.0 Å². The van der Waals surface area contributed by atoms with Gasteiger partial charge in [-0.3, -0.25) is 9.69 Å². The Labute approximate surface area is 165 Å². The number of nitrogens with zero attached hydrogens (tertiary/aromatic N) is 2. The van der Waals surface area contributed by atoms with Crippen LogP contribution in [0.25, 0.3) is 0 Å². The number of nitriles is 1. The maximum atomic E-state index is 12.3. The number of amides is 1. The first-order valence-electron chi connectivity index (χ1n) is 9.02. The maximum absolute atomic E-state index is 12.3. The van der Waals surface area contributed by atoms with Crippen LogP contribution in [0.5, 0.6) is 11.5 Å². The van der Waals surface area contributed by atoms with Gasteiger partial charge < -0.3 is 19.9 Å². The van der Waals surface area contributed by atoms with E-state index in [0.29, 0.717) is 35.8 Å². The first-order chi connectivity index (χ1) is 13.5. The summed E-state index contributed by atoms with van der Waals surface area (Å²) in [5, 5.41) is 21.8. The quantitative estimate of drug-likeness (QED) is 0.654. The number of methoxy groups -OCH3 is 1. The van der Waals surface area contributed by atoms with E-state index in [4.69, 9.17) is 14.7 Å². The minimum atomic E-state index is -0.755. The minimum Gasteiger partial charge on any atom is -0.495 e. The van der Waals surface area contributed by atoms with E-state index in [1.165, 1.54) is 0 Å². The number of para-hydroxylation sites is 2. The van der Waals surface area contributed by atoms with Crippen LogP contribution < -0.4 is 14.8 Å². The van der Waals surface area contributed by atoms with Gasteiger partial charge in [-0.1, -0.05) is 19.1 Å². The van der Waals surface area contributed by atoms with E-state index < -0.39 is 6.10 Å². The Morgan fingerprint density at radius 1 is 1.25 bits per heavy atom. The van der Waals surface area contributed by atoms with Gasteiger partial charge in [0.05, 0.1) is 31.0 Å². The molecule has 0 aromatic heterocycles. The Morgan fingerprint density at radius 3 is 2.61 bits per heavy atom. The molecule has 2 aromatic rings. The molecule has 0 aliphatic rings. The largest absolute Gasteiger partial charge is 0.495 e. The number of ether oxygens (including phenoxy) is 2. The lowest BCUT2D eigenvalue weighted by Crippen LogP contribution is -2.40. The zero-order valence-electron chi connectivity index (χ0n) is 16.1. The molecule has 0 saturated carbocycles. The summed E-state index contributed by atoms with van der Waals surface area (Å²) in [7, 11) is 1.55. The topological polar surface area (TPSA) is 94.8 Å². The predicted molar refractivity (Wildman–Crippen MR) is 106 cm³/mol. The molecule has 0 aliphatic heterocycles. The number of aliphatic hydroxyl groups is 1. The third kappa shape index (κ3) is 6.58. The van der Waals surface area contributed by atoms with Crippen molar-refractivity contribution >= 4 is 11.6 Å². The fourth-order valence-electron chi connectivity index (χ4n) is 2.62. The second-order valence-electron chi connectivity index (χ2n) is 6.18. The van der Waals surface area contributed by atoms with Crippen LogP contribution in [0.1, 0.15) is 12.5 Å². The first kappa shape index (κ1) is 21.2. The molecular formula is C21H25N3O4. The lowest BCUT2D eigenvalue weighted by atomic mass is 10.2. The molecule has 7 nitrogen and oxygen atoms in total. The second kappa shape index (κ2) is 10.9. The average molecular weight is 383 g/mol. The number of rotatable bonds is 10. The summed E-state index contributed by atoms with van der Waals surface area (Å²) in [5.74, 6) is 0.983. The summed E-state index contributed by atoms with van der Waals surface area (Å²) in [5.41, 5.74) is 1.15. The molecule has 0 spiro atoms. The fraction of sp³-hybridized carbons (Fsp3) is 0.333. The standard InChI is InChI=1S/C21H25N3O4/c1-3-24(14-21(26)23-19-6-4-5-7-20(19)27-2)13-17(25)15-28-18-10-8-16(12-22)9-11-18/h4-11,17,25H,3,13-15H2,1-2H3,(H,23,26)/t17-/m0/s1. The van der Waals surface area contributed by atoms with Gasteiger partial charge >= 0.3 is 0 Å². The number of benzene rings is 2.